The number of imidazole rings is 1. The first kappa shape index (κ1) is 23.1. The number of benzene rings is 2. The molecule has 0 spiro atoms. The number of carbonyl (C=O) groups is 1. The molecule has 0 amide bonds. The van der Waals surface area contributed by atoms with Crippen molar-refractivity contribution < 1.29 is 9.90 Å². The summed E-state index contributed by atoms with van der Waals surface area (Å²) in [4.78, 5) is 35.6. The van der Waals surface area contributed by atoms with Crippen LogP contribution < -0.4 is 5.56 Å². The van der Waals surface area contributed by atoms with Gasteiger partial charge in [0.1, 0.15) is 17.8 Å². The lowest BCUT2D eigenvalue weighted by atomic mass is 10.0. The number of aromatic carboxylic acids is 1. The van der Waals surface area contributed by atoms with Gasteiger partial charge in [-0.15, -0.1) is 5.10 Å². The molecular weight excluding hydrogens is 520 g/mol. The Bertz CT molecular complexity index is 1950. The molecule has 3 N–H and O–H groups in total. The molecule has 12 heteroatoms. The van der Waals surface area contributed by atoms with Gasteiger partial charge in [0.25, 0.3) is 5.56 Å². The minimum atomic E-state index is -1.01. The number of aromatic nitrogens is 8. The fourth-order valence-corrected chi connectivity index (χ4v) is 5.46. The fourth-order valence-electron chi connectivity index (χ4n) is 5.29. The summed E-state index contributed by atoms with van der Waals surface area (Å²) >= 11 is 6.30. The number of fused-ring (bicyclic) bond motifs is 2. The lowest BCUT2D eigenvalue weighted by Gasteiger charge is -2.15. The van der Waals surface area contributed by atoms with Crippen LogP contribution in [-0.2, 0) is 6.42 Å². The normalized spacial score (nSPS) is 14.6. The van der Waals surface area contributed by atoms with Gasteiger partial charge in [-0.2, -0.15) is 4.68 Å². The van der Waals surface area contributed by atoms with E-state index in [1.165, 1.54) is 11.0 Å². The average molecular weight is 539 g/mol. The topological polar surface area (TPSA) is 147 Å². The van der Waals surface area contributed by atoms with Crippen molar-refractivity contribution in [3.63, 3.8) is 0 Å². The van der Waals surface area contributed by atoms with Gasteiger partial charge in [0, 0.05) is 38.8 Å². The Morgan fingerprint density at radius 3 is 2.77 bits per heavy atom. The van der Waals surface area contributed by atoms with Gasteiger partial charge < -0.3 is 19.6 Å². The second kappa shape index (κ2) is 8.77. The number of nitrogens with zero attached hydrogens (tertiary/aromatic N) is 6. The molecule has 0 fully saturated rings. The number of halogens is 1. The summed E-state index contributed by atoms with van der Waals surface area (Å²) in [5, 5.41) is 22.0. The minimum Gasteiger partial charge on any atom is -0.477 e. The van der Waals surface area contributed by atoms with Crippen LogP contribution in [0.1, 0.15) is 34.5 Å². The van der Waals surface area contributed by atoms with Crippen LogP contribution in [0.4, 0.5) is 0 Å². The molecule has 0 bridgehead atoms. The predicted molar refractivity (Wildman–Crippen MR) is 143 cm³/mol. The van der Waals surface area contributed by atoms with E-state index < -0.39 is 5.97 Å². The number of aromatic amines is 2. The second-order valence-corrected chi connectivity index (χ2v) is 9.82. The molecule has 0 unspecified atom stereocenters. The molecule has 1 atom stereocenters. The first-order valence-corrected chi connectivity index (χ1v) is 12.5. The maximum absolute atomic E-state index is 13.4. The van der Waals surface area contributed by atoms with E-state index in [0.29, 0.717) is 23.0 Å². The van der Waals surface area contributed by atoms with Crippen LogP contribution in [0.3, 0.4) is 0 Å². The lowest BCUT2D eigenvalue weighted by molar-refractivity contribution is 0.0691. The van der Waals surface area contributed by atoms with Gasteiger partial charge in [0.2, 0.25) is 0 Å². The summed E-state index contributed by atoms with van der Waals surface area (Å²) in [5.41, 5.74) is 5.50. The highest BCUT2D eigenvalue weighted by molar-refractivity contribution is 6.31. The predicted octanol–water partition coefficient (Wildman–Crippen LogP) is 4.25. The highest BCUT2D eigenvalue weighted by Gasteiger charge is 2.28. The van der Waals surface area contributed by atoms with E-state index in [4.69, 9.17) is 11.6 Å². The average Bonchev–Trinajstić information content (AvgIpc) is 3.73. The van der Waals surface area contributed by atoms with Gasteiger partial charge >= 0.3 is 5.97 Å². The number of rotatable bonds is 5. The van der Waals surface area contributed by atoms with Gasteiger partial charge in [-0.1, -0.05) is 17.7 Å². The number of nitrogens with one attached hydrogen (secondary N) is 2. The smallest absolute Gasteiger partial charge is 0.352 e. The van der Waals surface area contributed by atoms with Gasteiger partial charge in [-0.05, 0) is 71.3 Å². The Kier molecular flexibility index (Phi) is 5.20. The van der Waals surface area contributed by atoms with Crippen LogP contribution in [0.25, 0.3) is 39.0 Å². The van der Waals surface area contributed by atoms with Crippen molar-refractivity contribution in [1.29, 1.82) is 0 Å². The molecule has 0 saturated carbocycles. The van der Waals surface area contributed by atoms with Crippen molar-refractivity contribution in [2.45, 2.75) is 18.9 Å². The summed E-state index contributed by atoms with van der Waals surface area (Å²) in [6.07, 6.45) is 4.66. The molecule has 0 radical (unpaired) electrons. The molecule has 1 aliphatic heterocycles. The van der Waals surface area contributed by atoms with Crippen LogP contribution in [0.2, 0.25) is 5.02 Å². The fraction of sp³-hybridized carbons (Fsp3) is 0.111. The number of pyridine rings is 1. The van der Waals surface area contributed by atoms with Crippen molar-refractivity contribution in [1.82, 2.24) is 39.7 Å². The number of carboxylic acid groups (broad SMARTS) is 1. The van der Waals surface area contributed by atoms with Crippen LogP contribution in [0.5, 0.6) is 0 Å². The van der Waals surface area contributed by atoms with Crippen LogP contribution in [0.15, 0.2) is 71.9 Å². The van der Waals surface area contributed by atoms with Crippen molar-refractivity contribution in [2.24, 2.45) is 0 Å². The second-order valence-electron chi connectivity index (χ2n) is 9.39. The van der Waals surface area contributed by atoms with Gasteiger partial charge in [0.15, 0.2) is 0 Å². The molecule has 192 valence electrons. The SMILES string of the molecule is O=C(O)c1cc2cc(-c3cnc([C@@H]4CCc5cc(-c6cc(Cl)ccc6-n6cnnn6)cc(=O)n54)[nH]3)ccc2[nH]1. The van der Waals surface area contributed by atoms with Crippen molar-refractivity contribution >= 4 is 28.5 Å². The van der Waals surface area contributed by atoms with E-state index in [1.54, 1.807) is 35.0 Å². The van der Waals surface area contributed by atoms with E-state index in [9.17, 15) is 14.7 Å². The van der Waals surface area contributed by atoms with Gasteiger partial charge in [-0.25, -0.2) is 9.78 Å². The molecule has 4 aromatic heterocycles. The van der Waals surface area contributed by atoms with Crippen molar-refractivity contribution in [2.75, 3.05) is 0 Å². The van der Waals surface area contributed by atoms with E-state index in [1.807, 2.05) is 30.3 Å². The first-order valence-electron chi connectivity index (χ1n) is 12.1. The number of carboxylic acids is 1. The molecule has 7 rings (SSSR count). The summed E-state index contributed by atoms with van der Waals surface area (Å²) in [5.74, 6) is -0.316. The third-order valence-electron chi connectivity index (χ3n) is 7.07. The first-order chi connectivity index (χ1) is 18.9. The molecule has 0 aliphatic carbocycles. The zero-order valence-corrected chi connectivity index (χ0v) is 20.9. The number of tetrazole rings is 1. The van der Waals surface area contributed by atoms with Crippen molar-refractivity contribution in [3.8, 4) is 28.1 Å². The van der Waals surface area contributed by atoms with Gasteiger partial charge in [-0.3, -0.25) is 4.79 Å². The number of hydrogen-bond donors (Lipinski definition) is 3. The van der Waals surface area contributed by atoms with Crippen LogP contribution in [0, 0.1) is 0 Å². The monoisotopic (exact) mass is 538 g/mol. The van der Waals surface area contributed by atoms with Crippen LogP contribution >= 0.6 is 11.6 Å². The quantitative estimate of drug-likeness (QED) is 0.297. The van der Waals surface area contributed by atoms with E-state index in [-0.39, 0.29) is 17.3 Å². The third-order valence-corrected chi connectivity index (χ3v) is 7.31. The molecule has 0 saturated heterocycles. The molecule has 39 heavy (non-hydrogen) atoms. The van der Waals surface area contributed by atoms with Crippen LogP contribution in [-0.4, -0.2) is 50.8 Å². The molecular formula is C27H19ClN8O3. The Morgan fingerprint density at radius 2 is 1.95 bits per heavy atom. The summed E-state index contributed by atoms with van der Waals surface area (Å²) in [6.45, 7) is 0. The zero-order chi connectivity index (χ0) is 26.7. The largest absolute Gasteiger partial charge is 0.477 e. The van der Waals surface area contributed by atoms with E-state index in [2.05, 4.69) is 30.5 Å². The molecule has 1 aliphatic rings. The standard InChI is InChI=1S/C27H19ClN8O3/c28-17-2-5-23(35-13-30-33-34-35)19(11-17)15-8-18-3-6-24(36(18)25(37)10-15)26-29-12-22(32-26)14-1-4-20-16(7-14)9-21(31-20)27(38)39/h1-2,4-5,7-13,24,31H,3,6H2,(H,29,32)(H,38,39)/t24-/m0/s1. The zero-order valence-electron chi connectivity index (χ0n) is 20.2. The Balaban J connectivity index is 1.23. The highest BCUT2D eigenvalue weighted by atomic mass is 35.5. The Hall–Kier alpha value is -5.03. The summed E-state index contributed by atoms with van der Waals surface area (Å²) in [7, 11) is 0. The molecule has 6 aromatic rings. The lowest BCUT2D eigenvalue weighted by Crippen LogP contribution is -2.23. The molecule has 2 aromatic carbocycles. The number of aryl methyl sites for hydroxylation is 1. The Morgan fingerprint density at radius 1 is 1.05 bits per heavy atom. The summed E-state index contributed by atoms with van der Waals surface area (Å²) < 4.78 is 3.32. The molecule has 11 nitrogen and oxygen atoms in total. The number of H-pyrrole nitrogens is 2. The minimum absolute atomic E-state index is 0.136. The van der Waals surface area contributed by atoms with Gasteiger partial charge in [0.05, 0.1) is 23.6 Å². The van der Waals surface area contributed by atoms with E-state index >= 15 is 0 Å². The molecule has 5 heterocycles. The maximum atomic E-state index is 13.4. The van der Waals surface area contributed by atoms with Crippen molar-refractivity contribution in [3.05, 3.63) is 99.7 Å². The highest BCUT2D eigenvalue weighted by Crippen LogP contribution is 2.34. The number of hydrogen-bond acceptors (Lipinski definition) is 6. The maximum Gasteiger partial charge on any atom is 0.352 e. The van der Waals surface area contributed by atoms with E-state index in [0.717, 1.165) is 45.4 Å². The third kappa shape index (κ3) is 3.91. The Labute approximate surface area is 224 Å². The summed E-state index contributed by atoms with van der Waals surface area (Å²) in [6, 6.07) is 16.0.